The molecule has 0 unspecified atom stereocenters. The molecule has 0 bridgehead atoms. The average molecular weight is 436 g/mol. The number of halogens is 1. The number of urea groups is 1. The Morgan fingerprint density at radius 2 is 1.90 bits per heavy atom. The maximum Gasteiger partial charge on any atom is 0.326 e. The van der Waals surface area contributed by atoms with E-state index in [-0.39, 0.29) is 11.6 Å². The Labute approximate surface area is 179 Å². The molecule has 0 saturated heterocycles. The third-order valence-corrected chi connectivity index (χ3v) is 5.66. The lowest BCUT2D eigenvalue weighted by atomic mass is 10.1. The van der Waals surface area contributed by atoms with Gasteiger partial charge in [0.15, 0.2) is 0 Å². The van der Waals surface area contributed by atoms with Crippen LogP contribution in [0.5, 0.6) is 0 Å². The lowest BCUT2D eigenvalue weighted by molar-refractivity contribution is 0.248. The first kappa shape index (κ1) is 18.5. The van der Waals surface area contributed by atoms with E-state index < -0.39 is 0 Å². The fraction of sp³-hybridized carbons (Fsp3) is 0.0476. The fourth-order valence-electron chi connectivity index (χ4n) is 3.26. The number of carbonyl (C=O) groups is 1. The smallest absolute Gasteiger partial charge is 0.326 e. The minimum absolute atomic E-state index is 0.189. The fourth-order valence-corrected chi connectivity index (χ4v) is 4.10. The van der Waals surface area contributed by atoms with E-state index in [2.05, 4.69) is 10.3 Å². The van der Waals surface area contributed by atoms with Crippen LogP contribution in [0.2, 0.25) is 5.02 Å². The molecule has 0 radical (unpaired) electrons. The molecule has 1 aliphatic heterocycles. The summed E-state index contributed by atoms with van der Waals surface area (Å²) in [6.45, 7) is 0.512. The summed E-state index contributed by atoms with van der Waals surface area (Å²) >= 11 is 7.39. The summed E-state index contributed by atoms with van der Waals surface area (Å²) in [7, 11) is 0. The molecule has 148 valence electrons. The van der Waals surface area contributed by atoms with Gasteiger partial charge < -0.3 is 5.32 Å². The molecule has 0 atom stereocenters. The van der Waals surface area contributed by atoms with Crippen LogP contribution in [0, 0.1) is 0 Å². The van der Waals surface area contributed by atoms with E-state index in [4.69, 9.17) is 16.6 Å². The van der Waals surface area contributed by atoms with Crippen molar-refractivity contribution in [3.05, 3.63) is 81.0 Å². The van der Waals surface area contributed by atoms with Crippen molar-refractivity contribution >= 4 is 45.6 Å². The highest BCUT2D eigenvalue weighted by molar-refractivity contribution is 7.09. The van der Waals surface area contributed by atoms with E-state index in [9.17, 15) is 9.59 Å². The van der Waals surface area contributed by atoms with E-state index in [0.29, 0.717) is 39.8 Å². The summed E-state index contributed by atoms with van der Waals surface area (Å²) < 4.78 is 1.48. The first-order chi connectivity index (χ1) is 14.6. The SMILES string of the molecule is O=C1NCC=CN1c1ccc(-c2nc3cscc3c(=O)n2-c2ccc(Cl)cn2)cc1. The monoisotopic (exact) mass is 435 g/mol. The second kappa shape index (κ2) is 7.40. The molecule has 7 nitrogen and oxygen atoms in total. The summed E-state index contributed by atoms with van der Waals surface area (Å²) in [5.74, 6) is 0.897. The molecule has 1 aliphatic rings. The van der Waals surface area contributed by atoms with Gasteiger partial charge in [-0.25, -0.2) is 19.3 Å². The van der Waals surface area contributed by atoms with Gasteiger partial charge in [0.2, 0.25) is 0 Å². The quantitative estimate of drug-likeness (QED) is 0.522. The normalized spacial score (nSPS) is 13.6. The number of anilines is 1. The topological polar surface area (TPSA) is 80.1 Å². The summed E-state index contributed by atoms with van der Waals surface area (Å²) in [6.07, 6.45) is 5.09. The highest BCUT2D eigenvalue weighted by Crippen LogP contribution is 2.26. The number of pyridine rings is 1. The molecule has 4 aromatic rings. The van der Waals surface area contributed by atoms with Gasteiger partial charge in [0.25, 0.3) is 5.56 Å². The summed E-state index contributed by atoms with van der Waals surface area (Å²) in [4.78, 5) is 35.8. The third-order valence-electron chi connectivity index (χ3n) is 4.70. The van der Waals surface area contributed by atoms with E-state index in [0.717, 1.165) is 5.56 Å². The molecular weight excluding hydrogens is 422 g/mol. The van der Waals surface area contributed by atoms with E-state index in [1.807, 2.05) is 35.7 Å². The first-order valence-electron chi connectivity index (χ1n) is 9.07. The zero-order chi connectivity index (χ0) is 20.7. The third kappa shape index (κ3) is 3.16. The van der Waals surface area contributed by atoms with Crippen LogP contribution in [0.25, 0.3) is 28.1 Å². The summed E-state index contributed by atoms with van der Waals surface area (Å²) in [5, 5.41) is 7.40. The molecule has 0 fully saturated rings. The van der Waals surface area contributed by atoms with Gasteiger partial charge in [0.05, 0.1) is 21.6 Å². The van der Waals surface area contributed by atoms with Gasteiger partial charge in [-0.1, -0.05) is 11.6 Å². The zero-order valence-electron chi connectivity index (χ0n) is 15.4. The Morgan fingerprint density at radius 1 is 1.07 bits per heavy atom. The van der Waals surface area contributed by atoms with Crippen molar-refractivity contribution in [3.8, 4) is 17.2 Å². The van der Waals surface area contributed by atoms with Gasteiger partial charge in [-0.3, -0.25) is 9.69 Å². The first-order valence-corrected chi connectivity index (χ1v) is 10.4. The Hall–Kier alpha value is -3.49. The van der Waals surface area contributed by atoms with Crippen LogP contribution in [0.4, 0.5) is 10.5 Å². The molecule has 1 N–H and O–H groups in total. The van der Waals surface area contributed by atoms with Gasteiger partial charge in [0, 0.05) is 35.3 Å². The minimum Gasteiger partial charge on any atom is -0.334 e. The summed E-state index contributed by atoms with van der Waals surface area (Å²) in [6, 6.07) is 10.5. The minimum atomic E-state index is -0.200. The molecule has 0 aliphatic carbocycles. The van der Waals surface area contributed by atoms with Crippen LogP contribution in [0.15, 0.2) is 70.4 Å². The molecule has 0 spiro atoms. The second-order valence-corrected chi connectivity index (χ2v) is 7.75. The molecular formula is C21H14ClN5O2S. The standard InChI is InChI=1S/C21H14ClN5O2S/c22-14-4-7-18(24-10-14)27-19(25-17-12-30-11-16(17)20(27)28)13-2-5-15(6-3-13)26-9-1-8-23-21(26)29/h1-7,9-12H,8H2,(H,23,29). The van der Waals surface area contributed by atoms with Crippen LogP contribution < -0.4 is 15.8 Å². The van der Waals surface area contributed by atoms with Crippen molar-refractivity contribution in [2.24, 2.45) is 0 Å². The lowest BCUT2D eigenvalue weighted by Crippen LogP contribution is -2.39. The Balaban J connectivity index is 1.66. The predicted octanol–water partition coefficient (Wildman–Crippen LogP) is 4.21. The second-order valence-electron chi connectivity index (χ2n) is 6.57. The van der Waals surface area contributed by atoms with Gasteiger partial charge in [-0.2, -0.15) is 0 Å². The number of nitrogens with zero attached hydrogens (tertiary/aromatic N) is 4. The highest BCUT2D eigenvalue weighted by Gasteiger charge is 2.18. The maximum atomic E-state index is 13.2. The number of hydrogen-bond donors (Lipinski definition) is 1. The Morgan fingerprint density at radius 3 is 2.63 bits per heavy atom. The zero-order valence-corrected chi connectivity index (χ0v) is 17.0. The average Bonchev–Trinajstić information content (AvgIpc) is 3.24. The number of hydrogen-bond acceptors (Lipinski definition) is 5. The number of nitrogens with one attached hydrogen (secondary N) is 1. The number of rotatable bonds is 3. The number of aromatic nitrogens is 3. The van der Waals surface area contributed by atoms with E-state index >= 15 is 0 Å². The summed E-state index contributed by atoms with van der Waals surface area (Å²) in [5.41, 5.74) is 1.87. The van der Waals surface area contributed by atoms with Crippen molar-refractivity contribution in [1.82, 2.24) is 19.9 Å². The van der Waals surface area contributed by atoms with Crippen LogP contribution in [0.3, 0.4) is 0 Å². The lowest BCUT2D eigenvalue weighted by Gasteiger charge is -2.22. The molecule has 0 saturated carbocycles. The largest absolute Gasteiger partial charge is 0.334 e. The highest BCUT2D eigenvalue weighted by atomic mass is 35.5. The van der Waals surface area contributed by atoms with Gasteiger partial charge in [-0.05, 0) is 42.5 Å². The Bertz CT molecular complexity index is 1340. The molecule has 5 rings (SSSR count). The van der Waals surface area contributed by atoms with Gasteiger partial charge >= 0.3 is 6.03 Å². The number of benzene rings is 1. The van der Waals surface area contributed by atoms with E-state index in [1.54, 1.807) is 23.7 Å². The molecule has 30 heavy (non-hydrogen) atoms. The van der Waals surface area contributed by atoms with Gasteiger partial charge in [-0.15, -0.1) is 11.3 Å². The van der Waals surface area contributed by atoms with Crippen molar-refractivity contribution in [1.29, 1.82) is 0 Å². The van der Waals surface area contributed by atoms with Crippen LogP contribution >= 0.6 is 22.9 Å². The molecule has 2 amide bonds. The van der Waals surface area contributed by atoms with E-state index in [1.165, 1.54) is 27.0 Å². The van der Waals surface area contributed by atoms with Crippen LogP contribution in [0.1, 0.15) is 0 Å². The van der Waals surface area contributed by atoms with Crippen LogP contribution in [-0.2, 0) is 0 Å². The number of amides is 2. The molecule has 9 heteroatoms. The van der Waals surface area contributed by atoms with Crippen molar-refractivity contribution in [2.75, 3.05) is 11.4 Å². The Kier molecular flexibility index (Phi) is 4.57. The van der Waals surface area contributed by atoms with Crippen LogP contribution in [-0.4, -0.2) is 27.1 Å². The van der Waals surface area contributed by atoms with Crippen molar-refractivity contribution < 1.29 is 4.79 Å². The molecule has 4 heterocycles. The van der Waals surface area contributed by atoms with Crippen molar-refractivity contribution in [2.45, 2.75) is 0 Å². The van der Waals surface area contributed by atoms with Gasteiger partial charge in [0.1, 0.15) is 11.6 Å². The number of carbonyl (C=O) groups excluding carboxylic acids is 1. The number of thiophene rings is 1. The maximum absolute atomic E-state index is 13.2. The molecule has 1 aromatic carbocycles. The predicted molar refractivity (Wildman–Crippen MR) is 118 cm³/mol. The molecule has 3 aromatic heterocycles. The van der Waals surface area contributed by atoms with Crippen molar-refractivity contribution in [3.63, 3.8) is 0 Å². The number of fused-ring (bicyclic) bond motifs is 1.